The molecule has 5 nitrogen and oxygen atoms in total. The molecule has 1 aromatic rings. The first-order valence-electron chi connectivity index (χ1n) is 6.83. The Bertz CT molecular complexity index is 467. The predicted molar refractivity (Wildman–Crippen MR) is 79.0 cm³/mol. The Balaban J connectivity index is 2.75. The number of Topliss-reactive ketones (excluding diaryl/α,β-unsaturated/α-hetero) is 1. The molecule has 0 bridgehead atoms. The lowest BCUT2D eigenvalue weighted by molar-refractivity contribution is -0.384. The quantitative estimate of drug-likeness (QED) is 0.436. The van der Waals surface area contributed by atoms with E-state index in [4.69, 9.17) is 0 Å². The van der Waals surface area contributed by atoms with Crippen LogP contribution in [0.15, 0.2) is 24.3 Å². The predicted octanol–water partition coefficient (Wildman–Crippen LogP) is 3.14. The molecule has 20 heavy (non-hydrogen) atoms. The van der Waals surface area contributed by atoms with Gasteiger partial charge in [0.05, 0.1) is 11.5 Å². The minimum atomic E-state index is -0.465. The van der Waals surface area contributed by atoms with Gasteiger partial charge in [-0.1, -0.05) is 13.8 Å². The number of carbonyl (C=O) groups excluding carboxylic acids is 1. The maximum atomic E-state index is 12.2. The van der Waals surface area contributed by atoms with Crippen molar-refractivity contribution in [3.63, 3.8) is 0 Å². The summed E-state index contributed by atoms with van der Waals surface area (Å²) in [7, 11) is 0. The third kappa shape index (κ3) is 4.74. The zero-order valence-corrected chi connectivity index (χ0v) is 12.5. The smallest absolute Gasteiger partial charge is 0.269 e. The molecule has 0 atom stereocenters. The minimum Gasteiger partial charge on any atom is -0.293 e. The first-order valence-corrected chi connectivity index (χ1v) is 6.83. The summed E-state index contributed by atoms with van der Waals surface area (Å²) in [6.07, 6.45) is 0. The number of hydrogen-bond donors (Lipinski definition) is 0. The van der Waals surface area contributed by atoms with E-state index >= 15 is 0 Å². The summed E-state index contributed by atoms with van der Waals surface area (Å²) < 4.78 is 0. The summed E-state index contributed by atoms with van der Waals surface area (Å²) in [6, 6.07) is 6.08. The molecule has 0 saturated carbocycles. The molecule has 110 valence electrons. The normalized spacial score (nSPS) is 11.3. The molecule has 1 aromatic carbocycles. The highest BCUT2D eigenvalue weighted by atomic mass is 16.6. The van der Waals surface area contributed by atoms with E-state index in [1.807, 2.05) is 0 Å². The molecule has 0 aromatic heterocycles. The Morgan fingerprint density at radius 1 is 1.20 bits per heavy atom. The molecular weight excluding hydrogens is 256 g/mol. The second kappa shape index (κ2) is 7.14. The van der Waals surface area contributed by atoms with Crippen LogP contribution < -0.4 is 0 Å². The second-order valence-corrected chi connectivity index (χ2v) is 5.64. The number of ketones is 1. The van der Waals surface area contributed by atoms with E-state index in [0.29, 0.717) is 24.1 Å². The zero-order valence-electron chi connectivity index (χ0n) is 12.5. The van der Waals surface area contributed by atoms with Crippen molar-refractivity contribution in [3.8, 4) is 0 Å². The van der Waals surface area contributed by atoms with E-state index in [1.54, 1.807) is 0 Å². The summed E-state index contributed by atoms with van der Waals surface area (Å²) >= 11 is 0. The number of nitro groups is 1. The van der Waals surface area contributed by atoms with Gasteiger partial charge in [-0.25, -0.2) is 0 Å². The molecule has 0 amide bonds. The summed E-state index contributed by atoms with van der Waals surface area (Å²) in [5.41, 5.74) is 0.523. The lowest BCUT2D eigenvalue weighted by Crippen LogP contribution is -2.38. The number of benzene rings is 1. The molecule has 0 heterocycles. The highest BCUT2D eigenvalue weighted by Crippen LogP contribution is 2.13. The van der Waals surface area contributed by atoms with E-state index in [1.165, 1.54) is 24.3 Å². The van der Waals surface area contributed by atoms with Crippen molar-refractivity contribution < 1.29 is 9.72 Å². The van der Waals surface area contributed by atoms with Crippen LogP contribution in [0.3, 0.4) is 0 Å². The number of nitrogens with zero attached hydrogens (tertiary/aromatic N) is 2. The van der Waals surface area contributed by atoms with Crippen LogP contribution in [0, 0.1) is 16.0 Å². The molecular formula is C15H22N2O3. The minimum absolute atomic E-state index is 0.00412. The summed E-state index contributed by atoms with van der Waals surface area (Å²) in [5.74, 6) is 0.483. The van der Waals surface area contributed by atoms with Crippen LogP contribution in [0.5, 0.6) is 0 Å². The Morgan fingerprint density at radius 2 is 1.75 bits per heavy atom. The van der Waals surface area contributed by atoms with Crippen molar-refractivity contribution in [2.75, 3.05) is 13.1 Å². The van der Waals surface area contributed by atoms with Crippen molar-refractivity contribution in [1.29, 1.82) is 0 Å². The molecule has 0 aliphatic heterocycles. The van der Waals surface area contributed by atoms with Crippen LogP contribution in [0.4, 0.5) is 5.69 Å². The van der Waals surface area contributed by atoms with Crippen LogP contribution in [0.25, 0.3) is 0 Å². The number of rotatable bonds is 7. The molecule has 1 rings (SSSR count). The third-order valence-electron chi connectivity index (χ3n) is 3.08. The Labute approximate surface area is 119 Å². The number of nitro benzene ring substituents is 1. The van der Waals surface area contributed by atoms with Gasteiger partial charge in [0.2, 0.25) is 0 Å². The van der Waals surface area contributed by atoms with Gasteiger partial charge in [-0.2, -0.15) is 0 Å². The number of hydrogen-bond acceptors (Lipinski definition) is 4. The van der Waals surface area contributed by atoms with Crippen molar-refractivity contribution in [1.82, 2.24) is 4.90 Å². The van der Waals surface area contributed by atoms with E-state index < -0.39 is 4.92 Å². The van der Waals surface area contributed by atoms with Gasteiger partial charge >= 0.3 is 0 Å². The SMILES string of the molecule is CC(C)CN(CC(=O)c1ccc([N+](=O)[O-])cc1)C(C)C. The van der Waals surface area contributed by atoms with E-state index in [9.17, 15) is 14.9 Å². The average Bonchev–Trinajstić information content (AvgIpc) is 2.37. The standard InChI is InChI=1S/C15H22N2O3/c1-11(2)9-16(12(3)4)10-15(18)13-5-7-14(8-6-13)17(19)20/h5-8,11-12H,9-10H2,1-4H3. The van der Waals surface area contributed by atoms with Gasteiger partial charge in [-0.15, -0.1) is 0 Å². The Hall–Kier alpha value is -1.75. The lowest BCUT2D eigenvalue weighted by atomic mass is 10.1. The summed E-state index contributed by atoms with van der Waals surface area (Å²) in [6.45, 7) is 9.55. The van der Waals surface area contributed by atoms with Gasteiger partial charge in [0, 0.05) is 30.3 Å². The van der Waals surface area contributed by atoms with E-state index in [-0.39, 0.29) is 11.5 Å². The maximum absolute atomic E-state index is 12.2. The van der Waals surface area contributed by atoms with Gasteiger partial charge in [0.15, 0.2) is 5.78 Å². The molecule has 0 spiro atoms. The Morgan fingerprint density at radius 3 is 2.15 bits per heavy atom. The first kappa shape index (κ1) is 16.3. The van der Waals surface area contributed by atoms with Crippen LogP contribution in [0.1, 0.15) is 38.1 Å². The van der Waals surface area contributed by atoms with E-state index in [0.717, 1.165) is 6.54 Å². The average molecular weight is 278 g/mol. The monoisotopic (exact) mass is 278 g/mol. The summed E-state index contributed by atoms with van der Waals surface area (Å²) in [4.78, 5) is 24.4. The van der Waals surface area contributed by atoms with Gasteiger partial charge in [-0.3, -0.25) is 19.8 Å². The van der Waals surface area contributed by atoms with Crippen LogP contribution in [-0.4, -0.2) is 34.7 Å². The highest BCUT2D eigenvalue weighted by Gasteiger charge is 2.17. The van der Waals surface area contributed by atoms with Crippen molar-refractivity contribution >= 4 is 11.5 Å². The highest BCUT2D eigenvalue weighted by molar-refractivity contribution is 5.97. The topological polar surface area (TPSA) is 63.5 Å². The lowest BCUT2D eigenvalue weighted by Gasteiger charge is -2.27. The molecule has 0 aliphatic rings. The van der Waals surface area contributed by atoms with Gasteiger partial charge in [0.1, 0.15) is 0 Å². The fourth-order valence-electron chi connectivity index (χ4n) is 1.97. The van der Waals surface area contributed by atoms with Gasteiger partial charge in [0.25, 0.3) is 5.69 Å². The largest absolute Gasteiger partial charge is 0.293 e. The number of carbonyl (C=O) groups is 1. The molecule has 5 heteroatoms. The first-order chi connectivity index (χ1) is 9.31. The molecule has 0 saturated heterocycles. The summed E-state index contributed by atoms with van der Waals surface area (Å²) in [5, 5.41) is 10.6. The second-order valence-electron chi connectivity index (χ2n) is 5.64. The van der Waals surface area contributed by atoms with Crippen LogP contribution in [0.2, 0.25) is 0 Å². The Kier molecular flexibility index (Phi) is 5.82. The molecule has 0 N–H and O–H groups in total. The molecule has 0 fully saturated rings. The van der Waals surface area contributed by atoms with E-state index in [2.05, 4.69) is 32.6 Å². The number of non-ortho nitro benzene ring substituents is 1. The van der Waals surface area contributed by atoms with Crippen molar-refractivity contribution in [3.05, 3.63) is 39.9 Å². The van der Waals surface area contributed by atoms with Crippen molar-refractivity contribution in [2.45, 2.75) is 33.7 Å². The third-order valence-corrected chi connectivity index (χ3v) is 3.08. The fraction of sp³-hybridized carbons (Fsp3) is 0.533. The molecule has 0 aliphatic carbocycles. The molecule has 0 radical (unpaired) electrons. The van der Waals surface area contributed by atoms with Crippen LogP contribution in [-0.2, 0) is 0 Å². The maximum Gasteiger partial charge on any atom is 0.269 e. The fourth-order valence-corrected chi connectivity index (χ4v) is 1.97. The van der Waals surface area contributed by atoms with Gasteiger partial charge in [-0.05, 0) is 31.9 Å². The zero-order chi connectivity index (χ0) is 15.3. The van der Waals surface area contributed by atoms with Crippen LogP contribution >= 0.6 is 0 Å². The molecule has 0 unspecified atom stereocenters. The van der Waals surface area contributed by atoms with Crippen molar-refractivity contribution in [2.24, 2.45) is 5.92 Å². The van der Waals surface area contributed by atoms with Gasteiger partial charge < -0.3 is 0 Å².